The highest BCUT2D eigenvalue weighted by Crippen LogP contribution is 2.24. The third kappa shape index (κ3) is 4.57. The fourth-order valence-corrected chi connectivity index (χ4v) is 3.42. The smallest absolute Gasteiger partial charge is 0.314 e. The number of hydrogen-bond donors (Lipinski definition) is 2. The highest BCUT2D eigenvalue weighted by atomic mass is 19.1. The highest BCUT2D eigenvalue weighted by Gasteiger charge is 2.25. The van der Waals surface area contributed by atoms with Crippen LogP contribution in [0.15, 0.2) is 54.6 Å². The van der Waals surface area contributed by atoms with Gasteiger partial charge in [0.15, 0.2) is 0 Å². The summed E-state index contributed by atoms with van der Waals surface area (Å²) in [6.07, 6.45) is 2.36. The molecular weight excluding hydrogens is 317 g/mol. The second kappa shape index (κ2) is 8.12. The summed E-state index contributed by atoms with van der Waals surface area (Å²) in [6.45, 7) is 1.28. The van der Waals surface area contributed by atoms with E-state index in [9.17, 15) is 9.18 Å². The van der Waals surface area contributed by atoms with Crippen LogP contribution in [-0.2, 0) is 6.42 Å². The number of carbonyl (C=O) groups excluding carboxylic acids is 1. The Kier molecular flexibility index (Phi) is 5.66. The number of nitrogens with one attached hydrogen (secondary N) is 1. The minimum Gasteiger partial charge on any atom is -0.351 e. The van der Waals surface area contributed by atoms with E-state index >= 15 is 0 Å². The number of urea groups is 1. The molecule has 0 spiro atoms. The first-order chi connectivity index (χ1) is 12.1. The van der Waals surface area contributed by atoms with E-state index in [0.29, 0.717) is 18.7 Å². The quantitative estimate of drug-likeness (QED) is 0.877. The topological polar surface area (TPSA) is 58.4 Å². The fraction of sp³-hybridized carbons (Fsp3) is 0.350. The molecule has 2 aromatic rings. The molecule has 1 fully saturated rings. The van der Waals surface area contributed by atoms with Gasteiger partial charge in [0, 0.05) is 30.7 Å². The largest absolute Gasteiger partial charge is 0.351 e. The Morgan fingerprint density at radius 1 is 1.12 bits per heavy atom. The van der Waals surface area contributed by atoms with E-state index in [0.717, 1.165) is 24.8 Å². The van der Waals surface area contributed by atoms with Gasteiger partial charge in [0.05, 0.1) is 0 Å². The summed E-state index contributed by atoms with van der Waals surface area (Å²) in [7, 11) is 0. The van der Waals surface area contributed by atoms with Gasteiger partial charge in [0.2, 0.25) is 0 Å². The van der Waals surface area contributed by atoms with Crippen molar-refractivity contribution in [2.75, 3.05) is 13.1 Å². The van der Waals surface area contributed by atoms with Crippen LogP contribution < -0.4 is 11.1 Å². The normalized spacial score (nSPS) is 16.6. The minimum atomic E-state index is -0.367. The lowest BCUT2D eigenvalue weighted by atomic mass is 9.95. The molecule has 0 radical (unpaired) electrons. The second-order valence-electron chi connectivity index (χ2n) is 6.53. The van der Waals surface area contributed by atoms with Crippen LogP contribution in [0, 0.1) is 5.82 Å². The van der Waals surface area contributed by atoms with E-state index < -0.39 is 0 Å². The second-order valence-corrected chi connectivity index (χ2v) is 6.53. The fourth-order valence-electron chi connectivity index (χ4n) is 3.42. The van der Waals surface area contributed by atoms with Crippen LogP contribution >= 0.6 is 0 Å². The number of nitrogens with two attached hydrogens (primary N) is 1. The molecule has 1 atom stereocenters. The first kappa shape index (κ1) is 17.4. The van der Waals surface area contributed by atoms with Crippen LogP contribution in [0.3, 0.4) is 0 Å². The number of likely N-dealkylation sites (tertiary alicyclic amines) is 1. The van der Waals surface area contributed by atoms with E-state index in [1.54, 1.807) is 11.0 Å². The van der Waals surface area contributed by atoms with Crippen molar-refractivity contribution in [3.8, 4) is 0 Å². The average Bonchev–Trinajstić information content (AvgIpc) is 2.63. The Morgan fingerprint density at radius 2 is 1.76 bits per heavy atom. The monoisotopic (exact) mass is 341 g/mol. The Morgan fingerprint density at radius 3 is 2.40 bits per heavy atom. The number of piperidine rings is 1. The van der Waals surface area contributed by atoms with Crippen molar-refractivity contribution in [1.82, 2.24) is 10.2 Å². The van der Waals surface area contributed by atoms with Crippen molar-refractivity contribution < 1.29 is 9.18 Å². The molecule has 0 aromatic heterocycles. The van der Waals surface area contributed by atoms with E-state index in [2.05, 4.69) is 17.4 Å². The summed E-state index contributed by atoms with van der Waals surface area (Å²) in [5.74, 6) is -0.189. The van der Waals surface area contributed by atoms with Gasteiger partial charge in [0.25, 0.3) is 0 Å². The van der Waals surface area contributed by atoms with Gasteiger partial charge >= 0.3 is 6.03 Å². The van der Waals surface area contributed by atoms with Gasteiger partial charge in [-0.25, -0.2) is 9.18 Å². The molecule has 1 heterocycles. The number of benzene rings is 2. The zero-order valence-electron chi connectivity index (χ0n) is 14.2. The summed E-state index contributed by atoms with van der Waals surface area (Å²) in [5, 5.41) is 3.60. The zero-order chi connectivity index (χ0) is 17.6. The third-order valence-electron chi connectivity index (χ3n) is 4.81. The number of amides is 2. The van der Waals surface area contributed by atoms with Gasteiger partial charge in [-0.1, -0.05) is 48.5 Å². The highest BCUT2D eigenvalue weighted by molar-refractivity contribution is 5.72. The van der Waals surface area contributed by atoms with Gasteiger partial charge in [0.1, 0.15) is 5.82 Å². The molecule has 2 amide bonds. The van der Waals surface area contributed by atoms with Crippen LogP contribution in [-0.4, -0.2) is 30.1 Å². The lowest BCUT2D eigenvalue weighted by Crippen LogP contribution is -2.47. The Balaban J connectivity index is 1.73. The zero-order valence-corrected chi connectivity index (χ0v) is 14.2. The number of rotatable bonds is 5. The molecule has 132 valence electrons. The summed E-state index contributed by atoms with van der Waals surface area (Å²) < 4.78 is 14.4. The Bertz CT molecular complexity index is 699. The molecule has 3 rings (SSSR count). The SMILES string of the molecule is NC(=O)N1CCC(N[C@H](Cc2ccccc2)c2ccccc2F)CC1. The summed E-state index contributed by atoms with van der Waals surface area (Å²) in [4.78, 5) is 12.9. The maximum Gasteiger partial charge on any atom is 0.314 e. The van der Waals surface area contributed by atoms with Crippen LogP contribution in [0.5, 0.6) is 0 Å². The molecule has 0 saturated carbocycles. The van der Waals surface area contributed by atoms with Gasteiger partial charge in [-0.3, -0.25) is 0 Å². The first-order valence-electron chi connectivity index (χ1n) is 8.72. The Labute approximate surface area is 147 Å². The van der Waals surface area contributed by atoms with Crippen molar-refractivity contribution >= 4 is 6.03 Å². The van der Waals surface area contributed by atoms with Crippen molar-refractivity contribution in [2.24, 2.45) is 5.73 Å². The molecule has 25 heavy (non-hydrogen) atoms. The predicted octanol–water partition coefficient (Wildman–Crippen LogP) is 3.24. The standard InChI is InChI=1S/C20H24FN3O/c21-18-9-5-4-8-17(18)19(14-15-6-2-1-3-7-15)23-16-10-12-24(13-11-16)20(22)25/h1-9,16,19,23H,10-14H2,(H2,22,25)/t19-/m1/s1. The molecule has 1 aliphatic heterocycles. The molecule has 0 aliphatic carbocycles. The van der Waals surface area contributed by atoms with E-state index in [4.69, 9.17) is 5.73 Å². The van der Waals surface area contributed by atoms with E-state index in [1.165, 1.54) is 6.07 Å². The van der Waals surface area contributed by atoms with E-state index in [-0.39, 0.29) is 23.9 Å². The summed E-state index contributed by atoms with van der Waals surface area (Å²) in [5.41, 5.74) is 7.19. The summed E-state index contributed by atoms with van der Waals surface area (Å²) >= 11 is 0. The van der Waals surface area contributed by atoms with Crippen molar-refractivity contribution in [2.45, 2.75) is 31.3 Å². The lowest BCUT2D eigenvalue weighted by molar-refractivity contribution is 0.182. The van der Waals surface area contributed by atoms with Crippen molar-refractivity contribution in [1.29, 1.82) is 0 Å². The van der Waals surface area contributed by atoms with E-state index in [1.807, 2.05) is 30.3 Å². The molecular formula is C20H24FN3O. The maximum absolute atomic E-state index is 14.4. The molecule has 2 aromatic carbocycles. The maximum atomic E-state index is 14.4. The number of nitrogens with zero attached hydrogens (tertiary/aromatic N) is 1. The van der Waals surface area contributed by atoms with Crippen LogP contribution in [0.1, 0.15) is 30.0 Å². The summed E-state index contributed by atoms with van der Waals surface area (Å²) in [6, 6.07) is 16.8. The van der Waals surface area contributed by atoms with Crippen LogP contribution in [0.25, 0.3) is 0 Å². The van der Waals surface area contributed by atoms with Gasteiger partial charge in [-0.2, -0.15) is 0 Å². The van der Waals surface area contributed by atoms with Crippen molar-refractivity contribution in [3.05, 3.63) is 71.5 Å². The molecule has 1 aliphatic rings. The number of hydrogen-bond acceptors (Lipinski definition) is 2. The van der Waals surface area contributed by atoms with Crippen LogP contribution in [0.4, 0.5) is 9.18 Å². The van der Waals surface area contributed by atoms with Crippen molar-refractivity contribution in [3.63, 3.8) is 0 Å². The molecule has 1 saturated heterocycles. The van der Waals surface area contributed by atoms with Gasteiger partial charge < -0.3 is 16.0 Å². The third-order valence-corrected chi connectivity index (χ3v) is 4.81. The molecule has 4 nitrogen and oxygen atoms in total. The predicted molar refractivity (Wildman–Crippen MR) is 96.6 cm³/mol. The Hall–Kier alpha value is -2.40. The van der Waals surface area contributed by atoms with Gasteiger partial charge in [-0.05, 0) is 30.9 Å². The minimum absolute atomic E-state index is 0.103. The molecule has 0 bridgehead atoms. The lowest BCUT2D eigenvalue weighted by Gasteiger charge is -2.34. The number of carbonyl (C=O) groups is 1. The molecule has 3 N–H and O–H groups in total. The number of halogens is 1. The van der Waals surface area contributed by atoms with Gasteiger partial charge in [-0.15, -0.1) is 0 Å². The number of primary amides is 1. The first-order valence-corrected chi connectivity index (χ1v) is 8.72. The average molecular weight is 341 g/mol. The van der Waals surface area contributed by atoms with Crippen LogP contribution in [0.2, 0.25) is 0 Å². The molecule has 5 heteroatoms. The molecule has 0 unspecified atom stereocenters.